The van der Waals surface area contributed by atoms with Gasteiger partial charge in [0, 0.05) is 47.1 Å². The summed E-state index contributed by atoms with van der Waals surface area (Å²) in [5.41, 5.74) is 12.0. The number of rotatable bonds is 6. The zero-order valence-electron chi connectivity index (χ0n) is 29.6. The highest BCUT2D eigenvalue weighted by Crippen LogP contribution is 2.39. The molecule has 11 aromatic rings. The average Bonchev–Trinajstić information content (AvgIpc) is 3.78. The predicted octanol–water partition coefficient (Wildman–Crippen LogP) is 9.71. The summed E-state index contributed by atoms with van der Waals surface area (Å²) in [5.74, 6) is 0. The van der Waals surface area contributed by atoms with Crippen LogP contribution in [0.1, 0.15) is 0 Å². The highest BCUT2D eigenvalue weighted by Gasteiger charge is 2.22. The first-order valence-corrected chi connectivity index (χ1v) is 18.2. The largest absolute Gasteiger partial charge is 0.294 e. The van der Waals surface area contributed by atoms with Crippen molar-refractivity contribution >= 4 is 44.0 Å². The molecule has 0 aliphatic carbocycles. The predicted molar refractivity (Wildman–Crippen MR) is 219 cm³/mol. The number of hydrogen-bond acceptors (Lipinski definition) is 8. The Hall–Kier alpha value is -7.98. The zero-order valence-corrected chi connectivity index (χ0v) is 29.6. The van der Waals surface area contributed by atoms with Gasteiger partial charge in [-0.3, -0.25) is 34.1 Å². The van der Waals surface area contributed by atoms with Gasteiger partial charge in [0.25, 0.3) is 0 Å². The summed E-state index contributed by atoms with van der Waals surface area (Å²) < 4.78 is 4.39. The molecule has 56 heavy (non-hydrogen) atoms. The van der Waals surface area contributed by atoms with E-state index in [1.165, 1.54) is 0 Å². The van der Waals surface area contributed by atoms with Crippen LogP contribution >= 0.6 is 0 Å². The summed E-state index contributed by atoms with van der Waals surface area (Å²) >= 11 is 0. The van der Waals surface area contributed by atoms with E-state index < -0.39 is 0 Å². The Labute approximate surface area is 319 Å². The summed E-state index contributed by atoms with van der Waals surface area (Å²) in [4.78, 5) is 39.3. The second-order valence-corrected chi connectivity index (χ2v) is 13.3. The van der Waals surface area contributed by atoms with Crippen LogP contribution in [0.5, 0.6) is 0 Å². The first-order chi connectivity index (χ1) is 27.8. The normalized spacial score (nSPS) is 11.6. The monoisotopic (exact) mass is 720 g/mol. The number of benzene rings is 1. The maximum absolute atomic E-state index is 5.60. The van der Waals surface area contributed by atoms with E-state index in [-0.39, 0.29) is 0 Å². The number of pyridine rings is 8. The van der Waals surface area contributed by atoms with Crippen LogP contribution in [-0.4, -0.2) is 49.0 Å². The third kappa shape index (κ3) is 5.19. The molecule has 11 rings (SSSR count). The molecule has 0 amide bonds. The molecule has 0 aliphatic rings. The van der Waals surface area contributed by atoms with Crippen LogP contribution in [0.2, 0.25) is 0 Å². The van der Waals surface area contributed by atoms with Gasteiger partial charge in [0.1, 0.15) is 11.3 Å². The van der Waals surface area contributed by atoms with Gasteiger partial charge in [-0.25, -0.2) is 15.0 Å². The molecule has 10 nitrogen and oxygen atoms in total. The van der Waals surface area contributed by atoms with E-state index in [2.05, 4.69) is 89.7 Å². The molecule has 0 aliphatic heterocycles. The zero-order chi connectivity index (χ0) is 37.0. The first kappa shape index (κ1) is 31.5. The Morgan fingerprint density at radius 1 is 0.304 bits per heavy atom. The molecule has 0 atom stereocenters. The van der Waals surface area contributed by atoms with E-state index in [1.807, 2.05) is 85.1 Å². The number of fused-ring (bicyclic) bond motifs is 6. The molecule has 10 heterocycles. The molecule has 10 heteroatoms. The van der Waals surface area contributed by atoms with Crippen LogP contribution < -0.4 is 0 Å². The van der Waals surface area contributed by atoms with Crippen LogP contribution in [0.25, 0.3) is 101 Å². The van der Waals surface area contributed by atoms with E-state index in [0.29, 0.717) is 0 Å². The number of nitrogens with zero attached hydrogens (tertiary/aromatic N) is 10. The quantitative estimate of drug-likeness (QED) is 0.167. The molecule has 0 fully saturated rings. The molecule has 0 saturated heterocycles. The van der Waals surface area contributed by atoms with Crippen LogP contribution in [0, 0.1) is 0 Å². The molecule has 0 spiro atoms. The second kappa shape index (κ2) is 12.9. The molecule has 0 radical (unpaired) electrons. The molecular formula is C46H28N10. The van der Waals surface area contributed by atoms with Crippen molar-refractivity contribution in [2.45, 2.75) is 0 Å². The molecular weight excluding hydrogens is 693 g/mol. The molecule has 0 saturated carbocycles. The third-order valence-electron chi connectivity index (χ3n) is 9.97. The Balaban J connectivity index is 1.23. The van der Waals surface area contributed by atoms with Gasteiger partial charge in [-0.15, -0.1) is 0 Å². The molecule has 262 valence electrons. The molecule has 0 bridgehead atoms. The van der Waals surface area contributed by atoms with E-state index in [4.69, 9.17) is 19.9 Å². The molecule has 10 aromatic heterocycles. The fourth-order valence-electron chi connectivity index (χ4n) is 7.51. The van der Waals surface area contributed by atoms with E-state index >= 15 is 0 Å². The summed E-state index contributed by atoms with van der Waals surface area (Å²) in [5, 5.41) is 3.01. The van der Waals surface area contributed by atoms with Crippen molar-refractivity contribution < 1.29 is 0 Å². The summed E-state index contributed by atoms with van der Waals surface area (Å²) in [7, 11) is 0. The van der Waals surface area contributed by atoms with Crippen molar-refractivity contribution in [1.29, 1.82) is 0 Å². The van der Waals surface area contributed by atoms with Gasteiger partial charge >= 0.3 is 0 Å². The van der Waals surface area contributed by atoms with Gasteiger partial charge in [0.05, 0.1) is 73.5 Å². The Morgan fingerprint density at radius 2 is 0.732 bits per heavy atom. The minimum Gasteiger partial charge on any atom is -0.294 e. The van der Waals surface area contributed by atoms with Crippen molar-refractivity contribution in [2.24, 2.45) is 0 Å². The van der Waals surface area contributed by atoms with Gasteiger partial charge in [-0.1, -0.05) is 42.5 Å². The molecule has 1 aromatic carbocycles. The van der Waals surface area contributed by atoms with Crippen molar-refractivity contribution in [1.82, 2.24) is 49.0 Å². The Kier molecular flexibility index (Phi) is 7.24. The number of aromatic nitrogens is 10. The maximum Gasteiger partial charge on any atom is 0.149 e. The summed E-state index contributed by atoms with van der Waals surface area (Å²) in [6, 6.07) is 46.3. The smallest absolute Gasteiger partial charge is 0.149 e. The lowest BCUT2D eigenvalue weighted by Crippen LogP contribution is -2.02. The lowest BCUT2D eigenvalue weighted by molar-refractivity contribution is 1.09. The van der Waals surface area contributed by atoms with Crippen LogP contribution in [0.15, 0.2) is 171 Å². The lowest BCUT2D eigenvalue weighted by atomic mass is 10.1. The van der Waals surface area contributed by atoms with Gasteiger partial charge in [0.2, 0.25) is 0 Å². The minimum absolute atomic E-state index is 0.721. The number of hydrogen-bond donors (Lipinski definition) is 0. The standard InChI is InChI=1S/C46H28N10/c1-2-17-42-31(12-1)32-28-33-44-43(18-11-23-51-44)56(30-26-40(36-15-5-9-21-49-36)53-41(27-30)37-16-6-10-22-50-37)46(33)54-45(32)55(42)29-24-38(34-13-3-7-19-47-34)52-39(25-29)35-14-4-8-20-48-35/h1-28H. The molecule has 0 unspecified atom stereocenters. The van der Waals surface area contributed by atoms with E-state index in [9.17, 15) is 0 Å². The van der Waals surface area contributed by atoms with Gasteiger partial charge < -0.3 is 0 Å². The Bertz CT molecular complexity index is 2900. The van der Waals surface area contributed by atoms with Gasteiger partial charge in [-0.2, -0.15) is 0 Å². The topological polar surface area (TPSA) is 113 Å². The van der Waals surface area contributed by atoms with Crippen molar-refractivity contribution in [3.63, 3.8) is 0 Å². The van der Waals surface area contributed by atoms with Crippen molar-refractivity contribution in [2.75, 3.05) is 0 Å². The van der Waals surface area contributed by atoms with Gasteiger partial charge in [0.15, 0.2) is 0 Å². The lowest BCUT2D eigenvalue weighted by Gasteiger charge is -2.13. The minimum atomic E-state index is 0.721. The van der Waals surface area contributed by atoms with Crippen molar-refractivity contribution in [3.8, 4) is 56.9 Å². The first-order valence-electron chi connectivity index (χ1n) is 18.2. The maximum atomic E-state index is 5.60. The fraction of sp³-hybridized carbons (Fsp3) is 0. The number of para-hydroxylation sites is 1. The van der Waals surface area contributed by atoms with E-state index in [0.717, 1.165) is 101 Å². The second-order valence-electron chi connectivity index (χ2n) is 13.3. The highest BCUT2D eigenvalue weighted by molar-refractivity contribution is 6.15. The summed E-state index contributed by atoms with van der Waals surface area (Å²) in [6.07, 6.45) is 8.97. The SMILES string of the molecule is c1ccc(-c2cc(-n3c4ccccc4c4cc5c6ncccc6n(-c6cc(-c7ccccn7)nc(-c7ccccn7)c6)c5nc43)cc(-c3ccccn3)n2)nc1. The summed E-state index contributed by atoms with van der Waals surface area (Å²) in [6.45, 7) is 0. The Morgan fingerprint density at radius 3 is 1.23 bits per heavy atom. The van der Waals surface area contributed by atoms with Gasteiger partial charge in [-0.05, 0) is 97.1 Å². The fourth-order valence-corrected chi connectivity index (χ4v) is 7.51. The molecule has 0 N–H and O–H groups in total. The van der Waals surface area contributed by atoms with Crippen LogP contribution in [0.3, 0.4) is 0 Å². The van der Waals surface area contributed by atoms with Crippen molar-refractivity contribution in [3.05, 3.63) is 171 Å². The van der Waals surface area contributed by atoms with E-state index in [1.54, 1.807) is 24.8 Å². The van der Waals surface area contributed by atoms with Crippen LogP contribution in [-0.2, 0) is 0 Å². The highest BCUT2D eigenvalue weighted by atomic mass is 15.1. The average molecular weight is 721 g/mol. The third-order valence-corrected chi connectivity index (χ3v) is 9.97. The van der Waals surface area contributed by atoms with Crippen LogP contribution in [0.4, 0.5) is 0 Å².